The number of ether oxygens (including phenoxy) is 1. The molecule has 0 amide bonds. The largest absolute Gasteiger partial charge is 0.453 e. The van der Waals surface area contributed by atoms with Crippen LogP contribution in [0.4, 0.5) is 0 Å². The summed E-state index contributed by atoms with van der Waals surface area (Å²) in [7, 11) is 3.99. The zero-order valence-electron chi connectivity index (χ0n) is 16.1. The quantitative estimate of drug-likeness (QED) is 0.279. The van der Waals surface area contributed by atoms with Gasteiger partial charge >= 0.3 is 5.97 Å². The van der Waals surface area contributed by atoms with Gasteiger partial charge in [0.15, 0.2) is 6.10 Å². The lowest BCUT2D eigenvalue weighted by Gasteiger charge is -2.22. The number of aryl methyl sites for hydroxylation is 1. The number of rotatable bonds is 8. The van der Waals surface area contributed by atoms with E-state index in [-0.39, 0.29) is 12.1 Å². The zero-order valence-corrected chi connectivity index (χ0v) is 17.8. The van der Waals surface area contributed by atoms with Crippen LogP contribution in [-0.4, -0.2) is 16.5 Å². The molecule has 1 heterocycles. The predicted molar refractivity (Wildman–Crippen MR) is 117 cm³/mol. The van der Waals surface area contributed by atoms with Crippen LogP contribution < -0.4 is 0 Å². The number of unbranched alkanes of at least 4 members (excludes halogenated alkanes) is 1. The van der Waals surface area contributed by atoms with Crippen molar-refractivity contribution in [3.8, 4) is 0 Å². The van der Waals surface area contributed by atoms with Crippen LogP contribution >= 0.6 is 21.6 Å². The van der Waals surface area contributed by atoms with Crippen LogP contribution in [0.3, 0.4) is 0 Å². The maximum atomic E-state index is 12.6. The van der Waals surface area contributed by atoms with Gasteiger partial charge < -0.3 is 4.74 Å². The lowest BCUT2D eigenvalue weighted by Crippen LogP contribution is -2.16. The minimum atomic E-state index is -0.334. The van der Waals surface area contributed by atoms with Crippen LogP contribution in [0.25, 0.3) is 0 Å². The van der Waals surface area contributed by atoms with Gasteiger partial charge in [-0.05, 0) is 49.8 Å². The highest BCUT2D eigenvalue weighted by Crippen LogP contribution is 2.49. The highest BCUT2D eigenvalue weighted by molar-refractivity contribution is 8.77. The topological polar surface area (TPSA) is 26.3 Å². The molecule has 4 heteroatoms. The Kier molecular flexibility index (Phi) is 7.31. The summed E-state index contributed by atoms with van der Waals surface area (Å²) in [6, 6.07) is 18.2. The van der Waals surface area contributed by atoms with E-state index in [0.717, 1.165) is 29.5 Å². The second-order valence-corrected chi connectivity index (χ2v) is 10.5. The van der Waals surface area contributed by atoms with Crippen LogP contribution in [0.2, 0.25) is 0 Å². The van der Waals surface area contributed by atoms with Gasteiger partial charge in [-0.2, -0.15) is 0 Å². The van der Waals surface area contributed by atoms with Crippen molar-refractivity contribution in [1.29, 1.82) is 0 Å². The van der Waals surface area contributed by atoms with Crippen LogP contribution in [0.1, 0.15) is 61.8 Å². The molecule has 0 bridgehead atoms. The summed E-state index contributed by atoms with van der Waals surface area (Å²) in [6.45, 7) is 4.41. The van der Waals surface area contributed by atoms with Crippen molar-refractivity contribution in [3.63, 3.8) is 0 Å². The van der Waals surface area contributed by atoms with Gasteiger partial charge in [0.1, 0.15) is 0 Å². The van der Waals surface area contributed by atoms with E-state index in [1.165, 1.54) is 18.6 Å². The Morgan fingerprint density at radius 2 is 1.85 bits per heavy atom. The lowest BCUT2D eigenvalue weighted by atomic mass is 9.97. The Morgan fingerprint density at radius 3 is 2.56 bits per heavy atom. The van der Waals surface area contributed by atoms with E-state index in [1.807, 2.05) is 64.1 Å². The van der Waals surface area contributed by atoms with Gasteiger partial charge in [-0.1, -0.05) is 82.6 Å². The van der Waals surface area contributed by atoms with E-state index in [4.69, 9.17) is 4.74 Å². The van der Waals surface area contributed by atoms with Gasteiger partial charge in [-0.3, -0.25) is 4.79 Å². The summed E-state index contributed by atoms with van der Waals surface area (Å²) < 4.78 is 6.34. The molecule has 0 spiro atoms. The molecule has 2 unspecified atom stereocenters. The highest BCUT2D eigenvalue weighted by Gasteiger charge is 2.29. The van der Waals surface area contributed by atoms with Crippen LogP contribution in [0.5, 0.6) is 0 Å². The second-order valence-electron chi connectivity index (χ2n) is 7.45. The molecule has 2 atom stereocenters. The van der Waals surface area contributed by atoms with Crippen LogP contribution in [0.15, 0.2) is 54.6 Å². The second kappa shape index (κ2) is 9.70. The maximum Gasteiger partial charge on any atom is 0.306 e. The van der Waals surface area contributed by atoms with Gasteiger partial charge in [-0.25, -0.2) is 0 Å². The molecule has 144 valence electrons. The SMILES string of the molecule is Cc1ccccc1C(OC(=O)CCCCC1(C)CCSS1)c1ccccc1. The Balaban J connectivity index is 1.59. The van der Waals surface area contributed by atoms with Crippen molar-refractivity contribution in [2.24, 2.45) is 0 Å². The minimum absolute atomic E-state index is 0.106. The molecule has 1 fully saturated rings. The molecule has 1 aliphatic rings. The summed E-state index contributed by atoms with van der Waals surface area (Å²) in [5.41, 5.74) is 3.22. The van der Waals surface area contributed by atoms with Crippen LogP contribution in [0, 0.1) is 6.92 Å². The first-order chi connectivity index (χ1) is 13.1. The third-order valence-corrected chi connectivity index (χ3v) is 8.49. The minimum Gasteiger partial charge on any atom is -0.453 e. The third-order valence-electron chi connectivity index (χ3n) is 5.13. The summed E-state index contributed by atoms with van der Waals surface area (Å²) in [5.74, 6) is 1.14. The van der Waals surface area contributed by atoms with Crippen molar-refractivity contribution in [3.05, 3.63) is 71.3 Å². The Bertz CT molecular complexity index is 739. The highest BCUT2D eigenvalue weighted by atomic mass is 33.1. The molecule has 2 nitrogen and oxygen atoms in total. The molecule has 1 aliphatic heterocycles. The van der Waals surface area contributed by atoms with E-state index in [0.29, 0.717) is 11.2 Å². The molecule has 0 aromatic heterocycles. The van der Waals surface area contributed by atoms with Crippen molar-refractivity contribution in [2.75, 3.05) is 5.75 Å². The van der Waals surface area contributed by atoms with E-state index in [9.17, 15) is 4.79 Å². The number of carbonyl (C=O) groups is 1. The first-order valence-electron chi connectivity index (χ1n) is 9.68. The van der Waals surface area contributed by atoms with Crippen molar-refractivity contribution in [2.45, 2.75) is 56.8 Å². The number of benzene rings is 2. The van der Waals surface area contributed by atoms with E-state index < -0.39 is 0 Å². The number of hydrogen-bond acceptors (Lipinski definition) is 4. The molecule has 2 aromatic carbocycles. The van der Waals surface area contributed by atoms with Gasteiger partial charge in [-0.15, -0.1) is 0 Å². The van der Waals surface area contributed by atoms with Gasteiger partial charge in [0, 0.05) is 16.9 Å². The Hall–Kier alpha value is -1.39. The average Bonchev–Trinajstić information content (AvgIpc) is 3.11. The number of carbonyl (C=O) groups excluding carboxylic acids is 1. The van der Waals surface area contributed by atoms with Gasteiger partial charge in [0.2, 0.25) is 0 Å². The lowest BCUT2D eigenvalue weighted by molar-refractivity contribution is -0.147. The molecule has 2 aromatic rings. The Morgan fingerprint density at radius 1 is 1.11 bits per heavy atom. The number of esters is 1. The predicted octanol–water partition coefficient (Wildman–Crippen LogP) is 6.73. The molecule has 0 aliphatic carbocycles. The normalized spacial score (nSPS) is 20.4. The first-order valence-corrected chi connectivity index (χ1v) is 12.0. The molecule has 27 heavy (non-hydrogen) atoms. The molecule has 0 radical (unpaired) electrons. The summed E-state index contributed by atoms with van der Waals surface area (Å²) in [4.78, 5) is 12.6. The zero-order chi connectivity index (χ0) is 19.1. The smallest absolute Gasteiger partial charge is 0.306 e. The first kappa shape index (κ1) is 20.3. The summed E-state index contributed by atoms with van der Waals surface area (Å²) >= 11 is 0. The fourth-order valence-electron chi connectivity index (χ4n) is 3.43. The van der Waals surface area contributed by atoms with Gasteiger partial charge in [0.25, 0.3) is 0 Å². The third kappa shape index (κ3) is 5.79. The maximum absolute atomic E-state index is 12.6. The van der Waals surface area contributed by atoms with E-state index in [2.05, 4.69) is 26.0 Å². The fraction of sp³-hybridized carbons (Fsp3) is 0.435. The van der Waals surface area contributed by atoms with Crippen LogP contribution in [-0.2, 0) is 9.53 Å². The standard InChI is InChI=1S/C23H28O2S2/c1-18-10-6-7-13-20(18)22(19-11-4-3-5-12-19)25-21(24)14-8-9-15-23(2)16-17-26-27-23/h3-7,10-13,22H,8-9,14-17H2,1-2H3. The summed E-state index contributed by atoms with van der Waals surface area (Å²) in [6.07, 6.45) is 4.59. The van der Waals surface area contributed by atoms with Crippen molar-refractivity contribution >= 4 is 27.6 Å². The summed E-state index contributed by atoms with van der Waals surface area (Å²) in [5, 5.41) is 0. The average molecular weight is 401 g/mol. The molecular formula is C23H28O2S2. The van der Waals surface area contributed by atoms with Gasteiger partial charge in [0.05, 0.1) is 0 Å². The molecule has 0 N–H and O–H groups in total. The molecular weight excluding hydrogens is 372 g/mol. The van der Waals surface area contributed by atoms with E-state index in [1.54, 1.807) is 0 Å². The molecule has 3 rings (SSSR count). The number of hydrogen-bond donors (Lipinski definition) is 0. The fourth-order valence-corrected chi connectivity index (χ4v) is 6.73. The van der Waals surface area contributed by atoms with E-state index >= 15 is 0 Å². The monoisotopic (exact) mass is 400 g/mol. The molecule has 1 saturated heterocycles. The Labute approximate surface area is 170 Å². The molecule has 0 saturated carbocycles. The van der Waals surface area contributed by atoms with Crippen molar-refractivity contribution < 1.29 is 9.53 Å². The van der Waals surface area contributed by atoms with Crippen molar-refractivity contribution in [1.82, 2.24) is 0 Å².